The number of rotatable bonds is 5. The van der Waals surface area contributed by atoms with Crippen LogP contribution < -0.4 is 0 Å². The number of aryl methyl sites for hydroxylation is 1. The van der Waals surface area contributed by atoms with E-state index in [1.165, 1.54) is 11.2 Å². The van der Waals surface area contributed by atoms with E-state index in [9.17, 15) is 17.2 Å². The quantitative estimate of drug-likeness (QED) is 0.768. The topological polar surface area (TPSA) is 58.4 Å². The molecule has 10 heteroatoms. The summed E-state index contributed by atoms with van der Waals surface area (Å²) in [7, 11) is -3.85. The van der Waals surface area contributed by atoms with Crippen molar-refractivity contribution in [3.8, 4) is 0 Å². The number of nitrogens with zero attached hydrogens (tertiary/aromatic N) is 4. The average molecular weight is 405 g/mol. The first-order chi connectivity index (χ1) is 12.3. The van der Waals surface area contributed by atoms with E-state index in [1.807, 2.05) is 24.3 Å². The summed E-state index contributed by atoms with van der Waals surface area (Å²) in [5.41, 5.74) is 1.06. The molecule has 1 aliphatic rings. The van der Waals surface area contributed by atoms with E-state index < -0.39 is 16.6 Å². The van der Waals surface area contributed by atoms with Crippen LogP contribution in [0.3, 0.4) is 0 Å². The molecule has 0 unspecified atom stereocenters. The minimum absolute atomic E-state index is 0.0730. The molecule has 26 heavy (non-hydrogen) atoms. The second kappa shape index (κ2) is 7.59. The van der Waals surface area contributed by atoms with Gasteiger partial charge in [-0.3, -0.25) is 4.90 Å². The number of alkyl halides is 2. The molecule has 0 aliphatic carbocycles. The number of benzene rings is 1. The first-order valence-electron chi connectivity index (χ1n) is 8.09. The smallest absolute Gasteiger partial charge is 0.296 e. The van der Waals surface area contributed by atoms with Gasteiger partial charge >= 0.3 is 6.55 Å². The van der Waals surface area contributed by atoms with Gasteiger partial charge in [0.15, 0.2) is 0 Å². The molecule has 0 atom stereocenters. The van der Waals surface area contributed by atoms with Crippen molar-refractivity contribution >= 4 is 21.6 Å². The normalized spacial score (nSPS) is 17.1. The number of aromatic nitrogens is 2. The van der Waals surface area contributed by atoms with Gasteiger partial charge in [-0.2, -0.15) is 18.2 Å². The van der Waals surface area contributed by atoms with E-state index in [0.717, 1.165) is 11.8 Å². The maximum absolute atomic E-state index is 12.8. The van der Waals surface area contributed by atoms with Crippen LogP contribution in [0.2, 0.25) is 5.02 Å². The Bertz CT molecular complexity index is 880. The summed E-state index contributed by atoms with van der Waals surface area (Å²) < 4.78 is 52.7. The third-order valence-electron chi connectivity index (χ3n) is 4.37. The molecule has 1 aromatic heterocycles. The van der Waals surface area contributed by atoms with Crippen LogP contribution in [0, 0.1) is 6.92 Å². The molecule has 1 aromatic carbocycles. The molecule has 2 aromatic rings. The van der Waals surface area contributed by atoms with Gasteiger partial charge in [-0.25, -0.2) is 13.1 Å². The summed E-state index contributed by atoms with van der Waals surface area (Å²) in [5, 5.41) is 4.27. The molecule has 0 N–H and O–H groups in total. The van der Waals surface area contributed by atoms with E-state index in [2.05, 4.69) is 10.00 Å². The van der Waals surface area contributed by atoms with Crippen molar-refractivity contribution < 1.29 is 17.2 Å². The molecular weight excluding hydrogens is 386 g/mol. The monoisotopic (exact) mass is 404 g/mol. The van der Waals surface area contributed by atoms with Crippen molar-refractivity contribution in [1.29, 1.82) is 0 Å². The molecule has 3 rings (SSSR count). The highest BCUT2D eigenvalue weighted by Gasteiger charge is 2.32. The maximum atomic E-state index is 12.8. The first kappa shape index (κ1) is 19.2. The molecule has 0 radical (unpaired) electrons. The highest BCUT2D eigenvalue weighted by Crippen LogP contribution is 2.24. The Hall–Kier alpha value is -1.55. The molecule has 142 valence electrons. The van der Waals surface area contributed by atoms with Crippen molar-refractivity contribution in [1.82, 2.24) is 19.0 Å². The number of sulfonamides is 1. The van der Waals surface area contributed by atoms with E-state index in [0.29, 0.717) is 29.3 Å². The molecule has 6 nitrogen and oxygen atoms in total. The molecular formula is C16H19ClF2N4O2S. The van der Waals surface area contributed by atoms with E-state index in [-0.39, 0.29) is 23.7 Å². The highest BCUT2D eigenvalue weighted by molar-refractivity contribution is 7.89. The van der Waals surface area contributed by atoms with E-state index in [4.69, 9.17) is 11.6 Å². The fourth-order valence-electron chi connectivity index (χ4n) is 2.95. The lowest BCUT2D eigenvalue weighted by atomic mass is 10.2. The molecule has 0 amide bonds. The summed E-state index contributed by atoms with van der Waals surface area (Å²) in [6.07, 6.45) is 0.894. The van der Waals surface area contributed by atoms with Gasteiger partial charge < -0.3 is 0 Å². The summed E-state index contributed by atoms with van der Waals surface area (Å²) in [4.78, 5) is 1.94. The Kier molecular flexibility index (Phi) is 5.61. The van der Waals surface area contributed by atoms with Crippen LogP contribution in [0.5, 0.6) is 0 Å². The van der Waals surface area contributed by atoms with Crippen LogP contribution in [0.4, 0.5) is 8.78 Å². The van der Waals surface area contributed by atoms with Gasteiger partial charge in [0, 0.05) is 37.7 Å². The lowest BCUT2D eigenvalue weighted by Crippen LogP contribution is -2.48. The first-order valence-corrected chi connectivity index (χ1v) is 9.90. The third-order valence-corrected chi connectivity index (χ3v) is 6.74. The molecule has 2 heterocycles. The van der Waals surface area contributed by atoms with Gasteiger partial charge in [0.25, 0.3) is 0 Å². The Morgan fingerprint density at radius 2 is 1.85 bits per heavy atom. The number of hydrogen-bond donors (Lipinski definition) is 0. The lowest BCUT2D eigenvalue weighted by Gasteiger charge is -2.34. The minimum Gasteiger partial charge on any atom is -0.296 e. The Balaban J connectivity index is 1.68. The standard InChI is InChI=1S/C16H19ClF2N4O2S/c1-12-15(11-23(20-12)16(18)19)26(24,25)22-8-6-21(7-9-22)10-13-4-2-3-5-14(13)17/h2-5,11,16H,6-10H2,1H3. The molecule has 1 saturated heterocycles. The minimum atomic E-state index is -3.85. The summed E-state index contributed by atoms with van der Waals surface area (Å²) in [6.45, 7) is 0.817. The van der Waals surface area contributed by atoms with Crippen LogP contribution in [0.15, 0.2) is 35.4 Å². The van der Waals surface area contributed by atoms with Crippen molar-refractivity contribution in [2.75, 3.05) is 26.2 Å². The predicted octanol–water partition coefficient (Wildman–Crippen LogP) is 2.75. The Morgan fingerprint density at radius 3 is 2.42 bits per heavy atom. The predicted molar refractivity (Wildman–Crippen MR) is 93.7 cm³/mol. The van der Waals surface area contributed by atoms with Crippen molar-refractivity contribution in [3.05, 3.63) is 46.7 Å². The van der Waals surface area contributed by atoms with E-state index in [1.54, 1.807) is 0 Å². The number of halogens is 3. The van der Waals surface area contributed by atoms with Gasteiger partial charge in [0.1, 0.15) is 4.90 Å². The summed E-state index contributed by atoms with van der Waals surface area (Å²) in [6, 6.07) is 7.53. The molecule has 0 bridgehead atoms. The second-order valence-electron chi connectivity index (χ2n) is 6.11. The molecule has 1 fully saturated rings. The highest BCUT2D eigenvalue weighted by atomic mass is 35.5. The van der Waals surface area contributed by atoms with Crippen LogP contribution in [0.25, 0.3) is 0 Å². The van der Waals surface area contributed by atoms with E-state index >= 15 is 0 Å². The number of hydrogen-bond acceptors (Lipinski definition) is 4. The average Bonchev–Trinajstić information content (AvgIpc) is 3.00. The zero-order valence-electron chi connectivity index (χ0n) is 14.1. The lowest BCUT2D eigenvalue weighted by molar-refractivity contribution is 0.0561. The fourth-order valence-corrected chi connectivity index (χ4v) is 4.73. The second-order valence-corrected chi connectivity index (χ2v) is 8.42. The molecule has 0 spiro atoms. The fraction of sp³-hybridized carbons (Fsp3) is 0.438. The van der Waals surface area contributed by atoms with Gasteiger partial charge in [0.2, 0.25) is 10.0 Å². The van der Waals surface area contributed by atoms with Crippen molar-refractivity contribution in [2.45, 2.75) is 24.9 Å². The van der Waals surface area contributed by atoms with Crippen LogP contribution in [0.1, 0.15) is 17.8 Å². The van der Waals surface area contributed by atoms with Crippen LogP contribution in [-0.4, -0.2) is 53.6 Å². The van der Waals surface area contributed by atoms with Gasteiger partial charge in [-0.15, -0.1) is 0 Å². The molecule has 0 saturated carbocycles. The zero-order valence-corrected chi connectivity index (χ0v) is 15.7. The Labute approximate surface area is 156 Å². The van der Waals surface area contributed by atoms with Crippen LogP contribution in [-0.2, 0) is 16.6 Å². The molecule has 1 aliphatic heterocycles. The number of piperazine rings is 1. The van der Waals surface area contributed by atoms with Gasteiger partial charge in [-0.1, -0.05) is 29.8 Å². The largest absolute Gasteiger partial charge is 0.333 e. The maximum Gasteiger partial charge on any atom is 0.333 e. The SMILES string of the molecule is Cc1nn(C(F)F)cc1S(=O)(=O)N1CCN(Cc2ccccc2Cl)CC1. The van der Waals surface area contributed by atoms with Crippen molar-refractivity contribution in [3.63, 3.8) is 0 Å². The third kappa shape index (κ3) is 3.90. The van der Waals surface area contributed by atoms with Gasteiger partial charge in [-0.05, 0) is 18.6 Å². The van der Waals surface area contributed by atoms with Gasteiger partial charge in [0.05, 0.1) is 11.9 Å². The van der Waals surface area contributed by atoms with Crippen molar-refractivity contribution in [2.24, 2.45) is 0 Å². The zero-order chi connectivity index (χ0) is 18.9. The summed E-state index contributed by atoms with van der Waals surface area (Å²) >= 11 is 6.17. The summed E-state index contributed by atoms with van der Waals surface area (Å²) in [5.74, 6) is 0. The Morgan fingerprint density at radius 1 is 1.19 bits per heavy atom. The van der Waals surface area contributed by atoms with Crippen LogP contribution >= 0.6 is 11.6 Å².